The molecule has 0 spiro atoms. The number of rotatable bonds is 5. The third kappa shape index (κ3) is 5.31. The lowest BCUT2D eigenvalue weighted by Crippen LogP contribution is -2.26. The minimum absolute atomic E-state index is 0.113. The van der Waals surface area contributed by atoms with E-state index in [1.165, 1.54) is 30.1 Å². The highest BCUT2D eigenvalue weighted by Crippen LogP contribution is 2.30. The fraction of sp³-hybridized carbons (Fsp3) is 0.125. The van der Waals surface area contributed by atoms with E-state index in [2.05, 4.69) is 10.5 Å². The van der Waals surface area contributed by atoms with Crippen molar-refractivity contribution in [2.75, 3.05) is 0 Å². The molecule has 1 amide bonds. The van der Waals surface area contributed by atoms with E-state index >= 15 is 0 Å². The lowest BCUT2D eigenvalue weighted by Gasteiger charge is -2.09. The zero-order valence-corrected chi connectivity index (χ0v) is 15.5. The number of amides is 1. The molecule has 2 aromatic carbocycles. The van der Waals surface area contributed by atoms with Crippen LogP contribution < -0.4 is 5.43 Å². The second-order valence-corrected chi connectivity index (χ2v) is 7.47. The summed E-state index contributed by atoms with van der Waals surface area (Å²) in [5.41, 5.74) is 2.73. The Labute approximate surface area is 158 Å². The number of nitrogens with zero attached hydrogens (tertiary/aromatic N) is 1. The highest BCUT2D eigenvalue weighted by molar-refractivity contribution is 8.00. The van der Waals surface area contributed by atoms with Crippen molar-refractivity contribution in [3.05, 3.63) is 57.0 Å². The Morgan fingerprint density at radius 1 is 1.21 bits per heavy atom. The summed E-state index contributed by atoms with van der Waals surface area (Å²) in [6.07, 6.45) is 1.28. The van der Waals surface area contributed by atoms with Gasteiger partial charge in [0.2, 0.25) is 0 Å². The van der Waals surface area contributed by atoms with Crippen molar-refractivity contribution in [3.63, 3.8) is 0 Å². The third-order valence-electron chi connectivity index (χ3n) is 2.93. The Balaban J connectivity index is 1.96. The first kappa shape index (κ1) is 18.9. The number of carbonyl (C=O) groups is 1. The largest absolute Gasteiger partial charge is 0.506 e. The first-order valence-corrected chi connectivity index (χ1v) is 8.81. The summed E-state index contributed by atoms with van der Waals surface area (Å²) in [5, 5.41) is 14.4. The number of carbonyl (C=O) groups excluding carboxylic acids is 1. The number of phenolic OH excluding ortho intramolecular Hbond substituents is 1. The van der Waals surface area contributed by atoms with Gasteiger partial charge in [0, 0.05) is 20.5 Å². The molecule has 2 N–H and O–H groups in total. The summed E-state index contributed by atoms with van der Waals surface area (Å²) in [6.45, 7) is 1.76. The van der Waals surface area contributed by atoms with Gasteiger partial charge < -0.3 is 5.11 Å². The summed E-state index contributed by atoms with van der Waals surface area (Å²) in [7, 11) is 0. The number of aromatic hydroxyl groups is 1. The van der Waals surface area contributed by atoms with E-state index in [-0.39, 0.29) is 21.9 Å². The van der Waals surface area contributed by atoms with Crippen molar-refractivity contribution in [1.82, 2.24) is 5.43 Å². The average Bonchev–Trinajstić information content (AvgIpc) is 2.53. The zero-order valence-electron chi connectivity index (χ0n) is 12.5. The molecule has 1 atom stereocenters. The number of halogens is 3. The first-order valence-electron chi connectivity index (χ1n) is 6.80. The van der Waals surface area contributed by atoms with Crippen LogP contribution in [0.5, 0.6) is 5.75 Å². The lowest BCUT2D eigenvalue weighted by molar-refractivity contribution is -0.120. The predicted octanol–water partition coefficient (Wildman–Crippen LogP) is 4.98. The van der Waals surface area contributed by atoms with Crippen LogP contribution in [0.2, 0.25) is 15.1 Å². The lowest BCUT2D eigenvalue weighted by atomic mass is 10.2. The van der Waals surface area contributed by atoms with Crippen LogP contribution in [-0.2, 0) is 4.79 Å². The molecule has 4 nitrogen and oxygen atoms in total. The monoisotopic (exact) mass is 402 g/mol. The molecule has 1 unspecified atom stereocenters. The van der Waals surface area contributed by atoms with Crippen molar-refractivity contribution >= 4 is 58.7 Å². The van der Waals surface area contributed by atoms with Crippen molar-refractivity contribution in [2.24, 2.45) is 5.10 Å². The van der Waals surface area contributed by atoms with Gasteiger partial charge in [0.1, 0.15) is 5.75 Å². The maximum absolute atomic E-state index is 12.0. The molecule has 0 saturated carbocycles. The average molecular weight is 404 g/mol. The van der Waals surface area contributed by atoms with Gasteiger partial charge in [-0.25, -0.2) is 5.43 Å². The molecule has 2 rings (SSSR count). The zero-order chi connectivity index (χ0) is 17.7. The Morgan fingerprint density at radius 3 is 2.54 bits per heavy atom. The van der Waals surface area contributed by atoms with Gasteiger partial charge in [0.15, 0.2) is 0 Å². The van der Waals surface area contributed by atoms with Crippen molar-refractivity contribution in [1.29, 1.82) is 0 Å². The topological polar surface area (TPSA) is 61.7 Å². The summed E-state index contributed by atoms with van der Waals surface area (Å²) in [6, 6.07) is 10.1. The van der Waals surface area contributed by atoms with Gasteiger partial charge in [0.05, 0.1) is 16.5 Å². The molecular formula is C16H13Cl3N2O2S. The number of nitrogens with one attached hydrogen (secondary N) is 1. The van der Waals surface area contributed by atoms with Gasteiger partial charge in [-0.1, -0.05) is 34.8 Å². The summed E-state index contributed by atoms with van der Waals surface area (Å²) >= 11 is 18.9. The van der Waals surface area contributed by atoms with Crippen LogP contribution in [0.1, 0.15) is 12.5 Å². The number of thioether (sulfide) groups is 1. The van der Waals surface area contributed by atoms with Crippen molar-refractivity contribution in [2.45, 2.75) is 17.1 Å². The van der Waals surface area contributed by atoms with E-state index in [1.807, 2.05) is 12.1 Å². The van der Waals surface area contributed by atoms with Crippen LogP contribution >= 0.6 is 46.6 Å². The molecule has 0 radical (unpaired) electrons. The highest BCUT2D eigenvalue weighted by Gasteiger charge is 2.14. The number of hydrogen-bond donors (Lipinski definition) is 2. The molecule has 0 aromatic heterocycles. The van der Waals surface area contributed by atoms with E-state index < -0.39 is 0 Å². The number of benzene rings is 2. The minimum atomic E-state index is -0.361. The van der Waals surface area contributed by atoms with Gasteiger partial charge in [-0.05, 0) is 43.3 Å². The molecule has 0 aliphatic rings. The van der Waals surface area contributed by atoms with E-state index in [4.69, 9.17) is 34.8 Å². The van der Waals surface area contributed by atoms with Crippen LogP contribution in [0.25, 0.3) is 0 Å². The standard InChI is InChI=1S/C16H13Cl3N2O2S/c1-9(24-13-4-2-11(17)3-5-13)16(23)21-20-8-10-6-12(18)7-14(19)15(10)22/h2-9,22H,1H3,(H,21,23)/b20-8+. The van der Waals surface area contributed by atoms with Crippen LogP contribution in [0.3, 0.4) is 0 Å². The molecule has 0 saturated heterocycles. The smallest absolute Gasteiger partial charge is 0.253 e. The van der Waals surface area contributed by atoms with E-state index in [0.717, 1.165) is 4.90 Å². The van der Waals surface area contributed by atoms with Gasteiger partial charge in [-0.15, -0.1) is 11.8 Å². The molecule has 0 fully saturated rings. The SMILES string of the molecule is CC(Sc1ccc(Cl)cc1)C(=O)N/N=C/c1cc(Cl)cc(Cl)c1O. The maximum Gasteiger partial charge on any atom is 0.253 e. The summed E-state index contributed by atoms with van der Waals surface area (Å²) < 4.78 is 0. The maximum atomic E-state index is 12.0. The van der Waals surface area contributed by atoms with Crippen LogP contribution in [0.15, 0.2) is 46.4 Å². The van der Waals surface area contributed by atoms with Crippen LogP contribution in [0, 0.1) is 0 Å². The Kier molecular flexibility index (Phi) is 6.80. The summed E-state index contributed by atoms with van der Waals surface area (Å²) in [4.78, 5) is 13.0. The van der Waals surface area contributed by atoms with Gasteiger partial charge in [-0.3, -0.25) is 4.79 Å². The van der Waals surface area contributed by atoms with Crippen LogP contribution in [0.4, 0.5) is 0 Å². The second kappa shape index (κ2) is 8.62. The van der Waals surface area contributed by atoms with Gasteiger partial charge in [-0.2, -0.15) is 5.10 Å². The van der Waals surface area contributed by atoms with E-state index in [1.54, 1.807) is 19.1 Å². The van der Waals surface area contributed by atoms with E-state index in [0.29, 0.717) is 15.6 Å². The normalized spacial score (nSPS) is 12.3. The fourth-order valence-electron chi connectivity index (χ4n) is 1.71. The Morgan fingerprint density at radius 2 is 1.88 bits per heavy atom. The predicted molar refractivity (Wildman–Crippen MR) is 101 cm³/mol. The molecule has 126 valence electrons. The molecule has 0 aliphatic heterocycles. The molecule has 8 heteroatoms. The molecule has 24 heavy (non-hydrogen) atoms. The van der Waals surface area contributed by atoms with Crippen molar-refractivity contribution < 1.29 is 9.90 Å². The second-order valence-electron chi connectivity index (χ2n) is 4.77. The number of hydrazone groups is 1. The quantitative estimate of drug-likeness (QED) is 0.420. The Hall–Kier alpha value is -1.40. The van der Waals surface area contributed by atoms with Crippen LogP contribution in [-0.4, -0.2) is 22.5 Å². The fourth-order valence-corrected chi connectivity index (χ4v) is 3.21. The first-order chi connectivity index (χ1) is 11.4. The number of hydrogen-bond acceptors (Lipinski definition) is 4. The molecule has 0 heterocycles. The summed E-state index contributed by atoms with van der Waals surface area (Å²) in [5.74, 6) is -0.429. The minimum Gasteiger partial charge on any atom is -0.506 e. The molecular weight excluding hydrogens is 391 g/mol. The number of phenols is 1. The Bertz CT molecular complexity index is 767. The van der Waals surface area contributed by atoms with Gasteiger partial charge >= 0.3 is 0 Å². The van der Waals surface area contributed by atoms with Crippen molar-refractivity contribution in [3.8, 4) is 5.75 Å². The molecule has 0 aliphatic carbocycles. The molecule has 2 aromatic rings. The van der Waals surface area contributed by atoms with Gasteiger partial charge in [0.25, 0.3) is 5.91 Å². The van der Waals surface area contributed by atoms with E-state index in [9.17, 15) is 9.90 Å². The third-order valence-corrected chi connectivity index (χ3v) is 4.80. The highest BCUT2D eigenvalue weighted by atomic mass is 35.5. The molecule has 0 bridgehead atoms.